The van der Waals surface area contributed by atoms with Crippen molar-refractivity contribution < 1.29 is 23.1 Å². The maximum absolute atomic E-state index is 12.9. The van der Waals surface area contributed by atoms with Crippen LogP contribution >= 0.6 is 0 Å². The van der Waals surface area contributed by atoms with Gasteiger partial charge in [-0.2, -0.15) is 13.2 Å². The molecule has 4 nitrogen and oxygen atoms in total. The normalized spacial score (nSPS) is 12.2. The van der Waals surface area contributed by atoms with Crippen molar-refractivity contribution in [1.82, 2.24) is 4.98 Å². The van der Waals surface area contributed by atoms with Crippen molar-refractivity contribution in [1.29, 1.82) is 0 Å². The van der Waals surface area contributed by atoms with Crippen molar-refractivity contribution in [3.8, 4) is 0 Å². The number of carboxylic acid groups (broad SMARTS) is 1. The lowest BCUT2D eigenvalue weighted by Gasteiger charge is -2.27. The standard InChI is InChI=1S/C17H16F3NO3/c1-9-13(14(22)12(8-21-9)15(23)24)16(2,3)10-5-4-6-11(7-10)17(18,19)20/h4-8H,1-3H3,(H,21,22)(H,23,24). The lowest BCUT2D eigenvalue weighted by atomic mass is 9.76. The minimum Gasteiger partial charge on any atom is -0.477 e. The van der Waals surface area contributed by atoms with Gasteiger partial charge in [0, 0.05) is 22.9 Å². The number of aryl methyl sites for hydroxylation is 1. The van der Waals surface area contributed by atoms with Crippen LogP contribution in [0, 0.1) is 6.92 Å². The van der Waals surface area contributed by atoms with Crippen LogP contribution in [0.1, 0.15) is 46.6 Å². The van der Waals surface area contributed by atoms with Crippen LogP contribution in [0.2, 0.25) is 0 Å². The van der Waals surface area contributed by atoms with Crippen molar-refractivity contribution in [3.05, 3.63) is 68.6 Å². The predicted octanol–water partition coefficient (Wildman–Crippen LogP) is 3.73. The number of H-pyrrole nitrogens is 1. The molecule has 0 radical (unpaired) electrons. The first-order valence-electron chi connectivity index (χ1n) is 7.10. The molecule has 1 heterocycles. The lowest BCUT2D eigenvalue weighted by Crippen LogP contribution is -2.32. The number of pyridine rings is 1. The van der Waals surface area contributed by atoms with E-state index in [-0.39, 0.29) is 11.1 Å². The van der Waals surface area contributed by atoms with Gasteiger partial charge in [-0.05, 0) is 18.6 Å². The largest absolute Gasteiger partial charge is 0.477 e. The van der Waals surface area contributed by atoms with Gasteiger partial charge in [0.2, 0.25) is 0 Å². The van der Waals surface area contributed by atoms with E-state index in [0.29, 0.717) is 5.69 Å². The Bertz CT molecular complexity index is 851. The first-order valence-corrected chi connectivity index (χ1v) is 7.10. The molecule has 0 amide bonds. The summed E-state index contributed by atoms with van der Waals surface area (Å²) in [5, 5.41) is 9.10. The number of rotatable bonds is 3. The average molecular weight is 339 g/mol. The second-order valence-electron chi connectivity index (χ2n) is 6.04. The Morgan fingerprint density at radius 3 is 2.29 bits per heavy atom. The highest BCUT2D eigenvalue weighted by Gasteiger charge is 2.34. The number of carbonyl (C=O) groups is 1. The summed E-state index contributed by atoms with van der Waals surface area (Å²) < 4.78 is 38.8. The molecular formula is C17H16F3NO3. The molecular weight excluding hydrogens is 323 g/mol. The molecule has 1 aromatic heterocycles. The van der Waals surface area contributed by atoms with E-state index in [1.165, 1.54) is 12.1 Å². The van der Waals surface area contributed by atoms with Crippen LogP contribution < -0.4 is 5.43 Å². The summed E-state index contributed by atoms with van der Waals surface area (Å²) in [5.74, 6) is -1.39. The molecule has 0 aliphatic rings. The van der Waals surface area contributed by atoms with Gasteiger partial charge in [-0.25, -0.2) is 4.79 Å². The summed E-state index contributed by atoms with van der Waals surface area (Å²) >= 11 is 0. The summed E-state index contributed by atoms with van der Waals surface area (Å²) in [6.45, 7) is 4.76. The SMILES string of the molecule is Cc1[nH]cc(C(=O)O)c(=O)c1C(C)(C)c1cccc(C(F)(F)F)c1. The van der Waals surface area contributed by atoms with Crippen LogP contribution in [0.15, 0.2) is 35.3 Å². The second kappa shape index (κ2) is 5.81. The number of aromatic carboxylic acids is 1. The summed E-state index contributed by atoms with van der Waals surface area (Å²) in [6, 6.07) is 4.68. The Morgan fingerprint density at radius 1 is 1.17 bits per heavy atom. The van der Waals surface area contributed by atoms with E-state index in [0.717, 1.165) is 18.3 Å². The molecule has 24 heavy (non-hydrogen) atoms. The molecule has 128 valence electrons. The fraction of sp³-hybridized carbons (Fsp3) is 0.294. The molecule has 0 unspecified atom stereocenters. The lowest BCUT2D eigenvalue weighted by molar-refractivity contribution is -0.137. The van der Waals surface area contributed by atoms with Gasteiger partial charge in [-0.15, -0.1) is 0 Å². The van der Waals surface area contributed by atoms with Crippen molar-refractivity contribution in [3.63, 3.8) is 0 Å². The molecule has 0 bridgehead atoms. The van der Waals surface area contributed by atoms with Crippen molar-refractivity contribution >= 4 is 5.97 Å². The Kier molecular flexibility index (Phi) is 4.31. The number of benzene rings is 1. The predicted molar refractivity (Wildman–Crippen MR) is 82.3 cm³/mol. The fourth-order valence-electron chi connectivity index (χ4n) is 2.76. The number of alkyl halides is 3. The van der Waals surface area contributed by atoms with E-state index >= 15 is 0 Å². The highest BCUT2D eigenvalue weighted by atomic mass is 19.4. The fourth-order valence-corrected chi connectivity index (χ4v) is 2.76. The summed E-state index contributed by atoms with van der Waals surface area (Å²) in [4.78, 5) is 26.4. The van der Waals surface area contributed by atoms with Gasteiger partial charge < -0.3 is 10.1 Å². The third kappa shape index (κ3) is 3.06. The smallest absolute Gasteiger partial charge is 0.416 e. The maximum atomic E-state index is 12.9. The summed E-state index contributed by atoms with van der Waals surface area (Å²) in [5.41, 5.74) is -2.28. The monoisotopic (exact) mass is 339 g/mol. The molecule has 0 atom stereocenters. The van der Waals surface area contributed by atoms with Crippen LogP contribution in [0.4, 0.5) is 13.2 Å². The van der Waals surface area contributed by atoms with E-state index in [9.17, 15) is 22.8 Å². The second-order valence-corrected chi connectivity index (χ2v) is 6.04. The minimum absolute atomic E-state index is 0.127. The van der Waals surface area contributed by atoms with E-state index in [2.05, 4.69) is 4.98 Å². The molecule has 2 N–H and O–H groups in total. The number of aromatic amines is 1. The van der Waals surface area contributed by atoms with Crippen LogP contribution in [0.3, 0.4) is 0 Å². The van der Waals surface area contributed by atoms with Crippen molar-refractivity contribution in [2.75, 3.05) is 0 Å². The molecule has 0 aliphatic heterocycles. The van der Waals surface area contributed by atoms with Crippen molar-refractivity contribution in [2.45, 2.75) is 32.4 Å². The highest BCUT2D eigenvalue weighted by molar-refractivity contribution is 5.87. The van der Waals surface area contributed by atoms with Gasteiger partial charge in [0.05, 0.1) is 5.56 Å². The number of hydrogen-bond acceptors (Lipinski definition) is 2. The molecule has 0 aliphatic carbocycles. The summed E-state index contributed by atoms with van der Waals surface area (Å²) in [6.07, 6.45) is -3.41. The van der Waals surface area contributed by atoms with E-state index < -0.39 is 34.1 Å². The number of nitrogens with one attached hydrogen (secondary N) is 1. The molecule has 7 heteroatoms. The first-order chi connectivity index (χ1) is 11.0. The maximum Gasteiger partial charge on any atom is 0.416 e. The Balaban J connectivity index is 2.70. The van der Waals surface area contributed by atoms with Gasteiger partial charge in [-0.3, -0.25) is 4.79 Å². The van der Waals surface area contributed by atoms with Crippen LogP contribution in [0.5, 0.6) is 0 Å². The van der Waals surface area contributed by atoms with Gasteiger partial charge >= 0.3 is 12.1 Å². The van der Waals surface area contributed by atoms with E-state index in [4.69, 9.17) is 5.11 Å². The topological polar surface area (TPSA) is 70.2 Å². The zero-order chi connectivity index (χ0) is 18.3. The Labute approximate surface area is 136 Å². The van der Waals surface area contributed by atoms with Gasteiger partial charge in [0.1, 0.15) is 5.56 Å². The van der Waals surface area contributed by atoms with Gasteiger partial charge in [0.25, 0.3) is 0 Å². The third-order valence-electron chi connectivity index (χ3n) is 4.05. The molecule has 0 fully saturated rings. The molecule has 0 spiro atoms. The van der Waals surface area contributed by atoms with Crippen LogP contribution in [-0.4, -0.2) is 16.1 Å². The van der Waals surface area contributed by atoms with E-state index in [1.54, 1.807) is 20.8 Å². The molecule has 2 aromatic rings. The Hall–Kier alpha value is -2.57. The first kappa shape index (κ1) is 17.8. The zero-order valence-electron chi connectivity index (χ0n) is 13.3. The third-order valence-corrected chi connectivity index (χ3v) is 4.05. The highest BCUT2D eigenvalue weighted by Crippen LogP contribution is 2.35. The Morgan fingerprint density at radius 2 is 1.75 bits per heavy atom. The summed E-state index contributed by atoms with van der Waals surface area (Å²) in [7, 11) is 0. The van der Waals surface area contributed by atoms with Gasteiger partial charge in [0.15, 0.2) is 5.43 Å². The molecule has 1 aromatic carbocycles. The number of aromatic nitrogens is 1. The number of hydrogen-bond donors (Lipinski definition) is 2. The zero-order valence-corrected chi connectivity index (χ0v) is 13.3. The molecule has 2 rings (SSSR count). The van der Waals surface area contributed by atoms with Gasteiger partial charge in [-0.1, -0.05) is 32.0 Å². The van der Waals surface area contributed by atoms with E-state index in [1.807, 2.05) is 0 Å². The minimum atomic E-state index is -4.50. The number of carboxylic acids is 1. The van der Waals surface area contributed by atoms with Crippen LogP contribution in [-0.2, 0) is 11.6 Å². The van der Waals surface area contributed by atoms with Crippen molar-refractivity contribution in [2.24, 2.45) is 0 Å². The quantitative estimate of drug-likeness (QED) is 0.895. The molecule has 0 saturated carbocycles. The molecule has 0 saturated heterocycles. The van der Waals surface area contributed by atoms with Crippen LogP contribution in [0.25, 0.3) is 0 Å². The number of halogens is 3. The average Bonchev–Trinajstić information content (AvgIpc) is 2.46.